The zero-order chi connectivity index (χ0) is 18.7. The quantitative estimate of drug-likeness (QED) is 0.772. The number of esters is 2. The number of rotatable bonds is 4. The SMILES string of the molecule is COC(=O)C1=CN(C2CCCC2)C=C(C(=O)OC)C1c1cccc(F)c1. The van der Waals surface area contributed by atoms with Gasteiger partial charge in [0, 0.05) is 18.4 Å². The van der Waals surface area contributed by atoms with Crippen LogP contribution < -0.4 is 0 Å². The average molecular weight is 359 g/mol. The topological polar surface area (TPSA) is 55.8 Å². The highest BCUT2D eigenvalue weighted by molar-refractivity contribution is 5.98. The minimum Gasteiger partial charge on any atom is -0.466 e. The maximum Gasteiger partial charge on any atom is 0.336 e. The minimum absolute atomic E-state index is 0.225. The van der Waals surface area contributed by atoms with Crippen molar-refractivity contribution in [1.82, 2.24) is 4.90 Å². The van der Waals surface area contributed by atoms with E-state index in [1.54, 1.807) is 24.5 Å². The van der Waals surface area contributed by atoms with Crippen LogP contribution in [0.25, 0.3) is 0 Å². The van der Waals surface area contributed by atoms with Crippen LogP contribution in [0.4, 0.5) is 4.39 Å². The lowest BCUT2D eigenvalue weighted by Gasteiger charge is -2.33. The van der Waals surface area contributed by atoms with Crippen molar-refractivity contribution in [1.29, 1.82) is 0 Å². The van der Waals surface area contributed by atoms with E-state index in [1.165, 1.54) is 26.4 Å². The Hall–Kier alpha value is -2.63. The Kier molecular flexibility index (Phi) is 5.40. The van der Waals surface area contributed by atoms with Crippen LogP contribution in [0.1, 0.15) is 37.2 Å². The van der Waals surface area contributed by atoms with Crippen LogP contribution in [-0.4, -0.2) is 37.1 Å². The van der Waals surface area contributed by atoms with Crippen molar-refractivity contribution < 1.29 is 23.5 Å². The Bertz CT molecular complexity index is 731. The van der Waals surface area contributed by atoms with Crippen molar-refractivity contribution in [2.45, 2.75) is 37.6 Å². The van der Waals surface area contributed by atoms with Crippen molar-refractivity contribution in [3.63, 3.8) is 0 Å². The molecule has 0 amide bonds. The number of benzene rings is 1. The van der Waals surface area contributed by atoms with Crippen molar-refractivity contribution in [2.24, 2.45) is 0 Å². The predicted octanol–water partition coefficient (Wildman–Crippen LogP) is 3.28. The molecule has 138 valence electrons. The van der Waals surface area contributed by atoms with Crippen molar-refractivity contribution in [3.05, 3.63) is 59.2 Å². The number of hydrogen-bond donors (Lipinski definition) is 0. The van der Waals surface area contributed by atoms with Gasteiger partial charge in [-0.3, -0.25) is 0 Å². The van der Waals surface area contributed by atoms with Gasteiger partial charge < -0.3 is 14.4 Å². The van der Waals surface area contributed by atoms with Gasteiger partial charge in [-0.1, -0.05) is 25.0 Å². The van der Waals surface area contributed by atoms with Gasteiger partial charge in [-0.05, 0) is 30.5 Å². The number of halogens is 1. The zero-order valence-electron chi connectivity index (χ0n) is 14.9. The normalized spacial score (nSPS) is 18.3. The van der Waals surface area contributed by atoms with Gasteiger partial charge in [0.1, 0.15) is 5.82 Å². The predicted molar refractivity (Wildman–Crippen MR) is 93.4 cm³/mol. The summed E-state index contributed by atoms with van der Waals surface area (Å²) in [6, 6.07) is 6.11. The molecule has 1 aromatic carbocycles. The van der Waals surface area contributed by atoms with E-state index in [0.717, 1.165) is 25.7 Å². The average Bonchev–Trinajstić information content (AvgIpc) is 3.20. The number of nitrogens with zero attached hydrogens (tertiary/aromatic N) is 1. The second-order valence-corrected chi connectivity index (χ2v) is 6.53. The number of carbonyl (C=O) groups excluding carboxylic acids is 2. The fourth-order valence-electron chi connectivity index (χ4n) is 3.71. The molecular weight excluding hydrogens is 337 g/mol. The maximum absolute atomic E-state index is 13.8. The number of methoxy groups -OCH3 is 2. The minimum atomic E-state index is -0.733. The lowest BCUT2D eigenvalue weighted by molar-refractivity contribution is -0.137. The van der Waals surface area contributed by atoms with Gasteiger partial charge in [0.05, 0.1) is 31.3 Å². The molecule has 0 radical (unpaired) electrons. The van der Waals surface area contributed by atoms with Gasteiger partial charge in [-0.15, -0.1) is 0 Å². The Morgan fingerprint density at radius 3 is 2.12 bits per heavy atom. The van der Waals surface area contributed by atoms with Crippen molar-refractivity contribution in [2.75, 3.05) is 14.2 Å². The fraction of sp³-hybridized carbons (Fsp3) is 0.400. The van der Waals surface area contributed by atoms with Gasteiger partial charge in [0.15, 0.2) is 0 Å². The van der Waals surface area contributed by atoms with Crippen molar-refractivity contribution in [3.8, 4) is 0 Å². The molecule has 0 N–H and O–H groups in total. The van der Waals surface area contributed by atoms with E-state index < -0.39 is 23.7 Å². The van der Waals surface area contributed by atoms with E-state index in [0.29, 0.717) is 16.7 Å². The van der Waals surface area contributed by atoms with E-state index in [4.69, 9.17) is 9.47 Å². The molecule has 3 rings (SSSR count). The molecule has 1 aliphatic heterocycles. The number of ether oxygens (including phenoxy) is 2. The van der Waals surface area contributed by atoms with Gasteiger partial charge in [0.2, 0.25) is 0 Å². The summed E-state index contributed by atoms with van der Waals surface area (Å²) in [5.74, 6) is -2.26. The molecule has 1 aromatic rings. The third-order valence-electron chi connectivity index (χ3n) is 4.97. The van der Waals surface area contributed by atoms with Gasteiger partial charge in [0.25, 0.3) is 0 Å². The summed E-state index contributed by atoms with van der Waals surface area (Å²) < 4.78 is 23.7. The zero-order valence-corrected chi connectivity index (χ0v) is 14.9. The molecule has 5 nitrogen and oxygen atoms in total. The summed E-state index contributed by atoms with van der Waals surface area (Å²) >= 11 is 0. The molecule has 0 unspecified atom stereocenters. The summed E-state index contributed by atoms with van der Waals surface area (Å²) in [6.07, 6.45) is 7.64. The highest BCUT2D eigenvalue weighted by atomic mass is 19.1. The first-order valence-corrected chi connectivity index (χ1v) is 8.68. The summed E-state index contributed by atoms with van der Waals surface area (Å²) in [6.45, 7) is 0. The molecule has 0 atom stereocenters. The monoisotopic (exact) mass is 359 g/mol. The first-order chi connectivity index (χ1) is 12.5. The summed E-state index contributed by atoms with van der Waals surface area (Å²) in [4.78, 5) is 26.8. The summed E-state index contributed by atoms with van der Waals surface area (Å²) in [7, 11) is 2.59. The second-order valence-electron chi connectivity index (χ2n) is 6.53. The Labute approximate surface area is 152 Å². The Morgan fingerprint density at radius 2 is 1.62 bits per heavy atom. The van der Waals surface area contributed by atoms with E-state index in [2.05, 4.69) is 0 Å². The van der Waals surface area contributed by atoms with Gasteiger partial charge >= 0.3 is 11.9 Å². The molecule has 1 aliphatic carbocycles. The molecule has 0 saturated heterocycles. The third kappa shape index (κ3) is 3.49. The number of hydrogen-bond acceptors (Lipinski definition) is 5. The smallest absolute Gasteiger partial charge is 0.336 e. The highest BCUT2D eigenvalue weighted by Crippen LogP contribution is 2.39. The molecular formula is C20H22FNO4. The van der Waals surface area contributed by atoms with Gasteiger partial charge in [-0.2, -0.15) is 0 Å². The molecule has 0 bridgehead atoms. The van der Waals surface area contributed by atoms with E-state index in [9.17, 15) is 14.0 Å². The van der Waals surface area contributed by atoms with Crippen LogP contribution >= 0.6 is 0 Å². The molecule has 0 aromatic heterocycles. The lowest BCUT2D eigenvalue weighted by atomic mass is 9.83. The molecule has 0 spiro atoms. The first kappa shape index (κ1) is 18.2. The van der Waals surface area contributed by atoms with Crippen LogP contribution in [-0.2, 0) is 19.1 Å². The second kappa shape index (κ2) is 7.72. The Morgan fingerprint density at radius 1 is 1.04 bits per heavy atom. The molecule has 1 fully saturated rings. The summed E-state index contributed by atoms with van der Waals surface area (Å²) in [5, 5.41) is 0. The van der Waals surface area contributed by atoms with E-state index >= 15 is 0 Å². The fourth-order valence-corrected chi connectivity index (χ4v) is 3.71. The number of carbonyl (C=O) groups is 2. The molecule has 1 heterocycles. The molecule has 26 heavy (non-hydrogen) atoms. The van der Waals surface area contributed by atoms with Crippen LogP contribution in [0.5, 0.6) is 0 Å². The van der Waals surface area contributed by atoms with Crippen molar-refractivity contribution >= 4 is 11.9 Å². The van der Waals surface area contributed by atoms with E-state index in [1.807, 2.05) is 4.90 Å². The molecule has 6 heteroatoms. The van der Waals surface area contributed by atoms with Crippen LogP contribution in [0, 0.1) is 5.82 Å². The maximum atomic E-state index is 13.8. The van der Waals surface area contributed by atoms with Crippen LogP contribution in [0.3, 0.4) is 0 Å². The third-order valence-corrected chi connectivity index (χ3v) is 4.97. The first-order valence-electron chi connectivity index (χ1n) is 8.68. The standard InChI is InChI=1S/C20H22FNO4/c1-25-19(23)16-11-22(15-8-3-4-9-15)12-17(20(24)26-2)18(16)13-6-5-7-14(21)10-13/h5-7,10-12,15,18H,3-4,8-9H2,1-2H3. The molecule has 2 aliphatic rings. The largest absolute Gasteiger partial charge is 0.466 e. The summed E-state index contributed by atoms with van der Waals surface area (Å²) in [5.41, 5.74) is 1.10. The van der Waals surface area contributed by atoms with Gasteiger partial charge in [-0.25, -0.2) is 14.0 Å². The van der Waals surface area contributed by atoms with Crippen LogP contribution in [0.2, 0.25) is 0 Å². The van der Waals surface area contributed by atoms with Crippen LogP contribution in [0.15, 0.2) is 47.8 Å². The molecule has 1 saturated carbocycles. The lowest BCUT2D eigenvalue weighted by Crippen LogP contribution is -2.33. The Balaban J connectivity index is 2.10. The highest BCUT2D eigenvalue weighted by Gasteiger charge is 2.37. The van der Waals surface area contributed by atoms with E-state index in [-0.39, 0.29) is 6.04 Å².